The molecule has 4 rings (SSSR count). The quantitative estimate of drug-likeness (QED) is 0.695. The molecular formula is C23H34N4O3. The summed E-state index contributed by atoms with van der Waals surface area (Å²) in [6, 6.07) is 4.06. The molecule has 2 aromatic heterocycles. The van der Waals surface area contributed by atoms with E-state index in [4.69, 9.17) is 14.5 Å². The maximum atomic E-state index is 12.8. The molecule has 4 heterocycles. The molecule has 0 aromatic carbocycles. The molecule has 7 nitrogen and oxygen atoms in total. The van der Waals surface area contributed by atoms with Crippen LogP contribution in [0.2, 0.25) is 0 Å². The number of carbonyl (C=O) groups is 1. The number of carbonyl (C=O) groups excluding carboxylic acids is 1. The summed E-state index contributed by atoms with van der Waals surface area (Å²) in [4.78, 5) is 24.2. The van der Waals surface area contributed by atoms with Crippen molar-refractivity contribution in [2.45, 2.75) is 57.9 Å². The summed E-state index contributed by atoms with van der Waals surface area (Å²) >= 11 is 0. The third-order valence-corrected chi connectivity index (χ3v) is 6.89. The molecule has 1 spiro atoms. The van der Waals surface area contributed by atoms with Gasteiger partial charge < -0.3 is 18.9 Å². The van der Waals surface area contributed by atoms with Crippen molar-refractivity contribution in [3.8, 4) is 0 Å². The summed E-state index contributed by atoms with van der Waals surface area (Å²) < 4.78 is 13.1. The number of aromatic nitrogens is 3. The van der Waals surface area contributed by atoms with Crippen molar-refractivity contribution in [1.29, 1.82) is 0 Å². The molecule has 0 bridgehead atoms. The second-order valence-electron chi connectivity index (χ2n) is 8.90. The maximum Gasteiger partial charge on any atom is 0.222 e. The highest BCUT2D eigenvalue weighted by atomic mass is 16.5. The number of amides is 1. The van der Waals surface area contributed by atoms with Crippen molar-refractivity contribution >= 4 is 17.1 Å². The molecule has 0 aliphatic carbocycles. The van der Waals surface area contributed by atoms with E-state index in [0.29, 0.717) is 18.4 Å². The van der Waals surface area contributed by atoms with Crippen LogP contribution < -0.4 is 0 Å². The average molecular weight is 415 g/mol. The molecule has 2 aromatic rings. The number of ether oxygens (including phenoxy) is 2. The Morgan fingerprint density at radius 3 is 2.77 bits per heavy atom. The van der Waals surface area contributed by atoms with Crippen LogP contribution in [0.5, 0.6) is 0 Å². The van der Waals surface area contributed by atoms with Crippen LogP contribution >= 0.6 is 0 Å². The molecule has 30 heavy (non-hydrogen) atoms. The van der Waals surface area contributed by atoms with Gasteiger partial charge in [-0.1, -0.05) is 0 Å². The van der Waals surface area contributed by atoms with Crippen molar-refractivity contribution in [1.82, 2.24) is 19.4 Å². The van der Waals surface area contributed by atoms with Crippen LogP contribution in [0, 0.1) is 5.41 Å². The molecule has 7 heteroatoms. The van der Waals surface area contributed by atoms with Crippen molar-refractivity contribution in [3.63, 3.8) is 0 Å². The number of piperidine rings is 1. The lowest BCUT2D eigenvalue weighted by Gasteiger charge is -2.44. The summed E-state index contributed by atoms with van der Waals surface area (Å²) in [5, 5.41) is 0. The van der Waals surface area contributed by atoms with Gasteiger partial charge in [0, 0.05) is 52.5 Å². The lowest BCUT2D eigenvalue weighted by atomic mass is 9.72. The monoisotopic (exact) mass is 414 g/mol. The predicted octanol–water partition coefficient (Wildman–Crippen LogP) is 3.38. The smallest absolute Gasteiger partial charge is 0.222 e. The minimum atomic E-state index is 0.151. The molecule has 0 radical (unpaired) electrons. The predicted molar refractivity (Wildman–Crippen MR) is 115 cm³/mol. The Bertz CT molecular complexity index is 849. The Morgan fingerprint density at radius 1 is 1.27 bits per heavy atom. The minimum absolute atomic E-state index is 0.151. The van der Waals surface area contributed by atoms with Crippen LogP contribution in [-0.2, 0) is 20.7 Å². The highest BCUT2D eigenvalue weighted by molar-refractivity contribution is 5.76. The molecule has 1 atom stereocenters. The number of nitrogens with zero attached hydrogens (tertiary/aromatic N) is 4. The maximum absolute atomic E-state index is 12.8. The van der Waals surface area contributed by atoms with Gasteiger partial charge in [-0.25, -0.2) is 9.97 Å². The van der Waals surface area contributed by atoms with Gasteiger partial charge in [0.25, 0.3) is 0 Å². The van der Waals surface area contributed by atoms with E-state index in [1.807, 2.05) is 12.1 Å². The van der Waals surface area contributed by atoms with Gasteiger partial charge in [0.15, 0.2) is 5.65 Å². The van der Waals surface area contributed by atoms with Gasteiger partial charge in [0.05, 0.1) is 12.6 Å². The first-order chi connectivity index (χ1) is 14.6. The number of rotatable bonds is 7. The molecule has 2 aliphatic heterocycles. The zero-order chi connectivity index (χ0) is 21.0. The number of hydrogen-bond acceptors (Lipinski definition) is 5. The number of imidazole rings is 1. The number of likely N-dealkylation sites (tertiary alicyclic amines) is 1. The number of methoxy groups -OCH3 is 1. The lowest BCUT2D eigenvalue weighted by molar-refractivity contribution is -0.134. The Balaban J connectivity index is 1.33. The zero-order valence-corrected chi connectivity index (χ0v) is 18.3. The highest BCUT2D eigenvalue weighted by Crippen LogP contribution is 2.40. The van der Waals surface area contributed by atoms with Crippen molar-refractivity contribution < 1.29 is 14.3 Å². The second kappa shape index (κ2) is 9.43. The number of pyridine rings is 1. The van der Waals surface area contributed by atoms with E-state index in [1.54, 1.807) is 13.3 Å². The second-order valence-corrected chi connectivity index (χ2v) is 8.90. The molecule has 0 N–H and O–H groups in total. The lowest BCUT2D eigenvalue weighted by Crippen LogP contribution is -2.45. The number of aryl methyl sites for hydroxylation is 1. The molecule has 0 unspecified atom stereocenters. The first-order valence-corrected chi connectivity index (χ1v) is 11.3. The van der Waals surface area contributed by atoms with Crippen LogP contribution in [0.3, 0.4) is 0 Å². The van der Waals surface area contributed by atoms with Crippen LogP contribution in [0.25, 0.3) is 11.2 Å². The van der Waals surface area contributed by atoms with E-state index in [2.05, 4.69) is 21.4 Å². The summed E-state index contributed by atoms with van der Waals surface area (Å²) in [5.41, 5.74) is 2.21. The topological polar surface area (TPSA) is 69.5 Å². The summed E-state index contributed by atoms with van der Waals surface area (Å²) in [6.07, 6.45) is 8.50. The summed E-state index contributed by atoms with van der Waals surface area (Å²) in [6.45, 7) is 6.28. The van der Waals surface area contributed by atoms with Crippen LogP contribution in [-0.4, -0.2) is 65.4 Å². The molecule has 164 valence electrons. The van der Waals surface area contributed by atoms with Gasteiger partial charge >= 0.3 is 0 Å². The number of hydrogen-bond donors (Lipinski definition) is 0. The zero-order valence-electron chi connectivity index (χ0n) is 18.3. The Labute approximate surface area is 178 Å². The summed E-state index contributed by atoms with van der Waals surface area (Å²) in [7, 11) is 1.71. The minimum Gasteiger partial charge on any atom is -0.383 e. The largest absolute Gasteiger partial charge is 0.383 e. The highest BCUT2D eigenvalue weighted by Gasteiger charge is 2.36. The Morgan fingerprint density at radius 2 is 2.03 bits per heavy atom. The fourth-order valence-corrected chi connectivity index (χ4v) is 5.02. The van der Waals surface area contributed by atoms with Gasteiger partial charge in [-0.3, -0.25) is 4.79 Å². The van der Waals surface area contributed by atoms with Crippen molar-refractivity contribution in [2.24, 2.45) is 5.41 Å². The number of fused-ring (bicyclic) bond motifs is 1. The fraction of sp³-hybridized carbons (Fsp3) is 0.696. The van der Waals surface area contributed by atoms with Gasteiger partial charge in [0.2, 0.25) is 5.91 Å². The van der Waals surface area contributed by atoms with Crippen LogP contribution in [0.4, 0.5) is 0 Å². The van der Waals surface area contributed by atoms with Crippen molar-refractivity contribution in [3.05, 3.63) is 24.2 Å². The van der Waals surface area contributed by atoms with Gasteiger partial charge in [-0.05, 0) is 56.6 Å². The van der Waals surface area contributed by atoms with E-state index in [-0.39, 0.29) is 11.9 Å². The molecular weight excluding hydrogens is 380 g/mol. The van der Waals surface area contributed by atoms with E-state index < -0.39 is 0 Å². The van der Waals surface area contributed by atoms with Crippen LogP contribution in [0.15, 0.2) is 18.3 Å². The van der Waals surface area contributed by atoms with Gasteiger partial charge in [0.1, 0.15) is 11.3 Å². The van der Waals surface area contributed by atoms with E-state index in [0.717, 1.165) is 81.8 Å². The Kier molecular flexibility index (Phi) is 6.68. The normalized spacial score (nSPS) is 20.0. The van der Waals surface area contributed by atoms with E-state index in [9.17, 15) is 4.79 Å². The van der Waals surface area contributed by atoms with Gasteiger partial charge in [-0.2, -0.15) is 0 Å². The Hall–Kier alpha value is -1.99. The first kappa shape index (κ1) is 21.2. The standard InChI is InChI=1S/C23H34N4O3/c1-18(17-29-2)27-20(25-19-5-4-12-24-22(19)27)6-3-7-21(28)26-13-8-23(9-14-26)10-15-30-16-11-23/h4-5,12,18H,3,6-11,13-17H2,1-2H3/t18-/m1/s1. The van der Waals surface area contributed by atoms with Gasteiger partial charge in [-0.15, -0.1) is 0 Å². The van der Waals surface area contributed by atoms with E-state index in [1.165, 1.54) is 0 Å². The SMILES string of the molecule is COC[C@@H](C)n1c(CCCC(=O)N2CCC3(CCOCC3)CC2)nc2cccnc21. The third-order valence-electron chi connectivity index (χ3n) is 6.89. The molecule has 2 fully saturated rings. The average Bonchev–Trinajstić information content (AvgIpc) is 3.13. The third kappa shape index (κ3) is 4.52. The van der Waals surface area contributed by atoms with Crippen LogP contribution in [0.1, 0.15) is 57.3 Å². The van der Waals surface area contributed by atoms with Crippen molar-refractivity contribution in [2.75, 3.05) is 40.0 Å². The van der Waals surface area contributed by atoms with E-state index >= 15 is 0 Å². The first-order valence-electron chi connectivity index (χ1n) is 11.3. The molecule has 0 saturated carbocycles. The molecule has 2 saturated heterocycles. The summed E-state index contributed by atoms with van der Waals surface area (Å²) in [5.74, 6) is 1.27. The molecule has 1 amide bonds. The fourth-order valence-electron chi connectivity index (χ4n) is 5.02. The molecule has 2 aliphatic rings.